The zero-order valence-corrected chi connectivity index (χ0v) is 12.5. The first-order chi connectivity index (χ1) is 10.5. The lowest BCUT2D eigenvalue weighted by molar-refractivity contribution is -0.126. The van der Waals surface area contributed by atoms with Gasteiger partial charge in [0.05, 0.1) is 5.56 Å². The highest BCUT2D eigenvalue weighted by Crippen LogP contribution is 2.14. The van der Waals surface area contributed by atoms with Crippen LogP contribution in [-0.2, 0) is 9.53 Å². The summed E-state index contributed by atoms with van der Waals surface area (Å²) in [6.45, 7) is 1.55. The minimum atomic E-state index is -0.879. The van der Waals surface area contributed by atoms with Gasteiger partial charge in [-0.15, -0.1) is 0 Å². The number of carbonyl (C=O) groups excluding carboxylic acids is 2. The van der Waals surface area contributed by atoms with Gasteiger partial charge in [0.15, 0.2) is 6.10 Å². The minimum Gasteiger partial charge on any atom is -0.449 e. The summed E-state index contributed by atoms with van der Waals surface area (Å²) in [6.07, 6.45) is -0.879. The number of amides is 1. The van der Waals surface area contributed by atoms with Crippen molar-refractivity contribution in [3.05, 3.63) is 60.2 Å². The van der Waals surface area contributed by atoms with Crippen molar-refractivity contribution in [2.24, 2.45) is 0 Å². The molecule has 0 aliphatic rings. The Bertz CT molecular complexity index is 653. The number of hydrogen-bond acceptors (Lipinski definition) is 4. The van der Waals surface area contributed by atoms with Crippen LogP contribution in [0.2, 0.25) is 0 Å². The maximum Gasteiger partial charge on any atom is 0.338 e. The molecule has 1 amide bonds. The number of benzene rings is 2. The summed E-state index contributed by atoms with van der Waals surface area (Å²) in [6, 6.07) is 15.5. The minimum absolute atomic E-state index is 0.296. The van der Waals surface area contributed by atoms with Crippen molar-refractivity contribution in [2.45, 2.75) is 13.0 Å². The summed E-state index contributed by atoms with van der Waals surface area (Å²) < 4.78 is 5.21. The quantitative estimate of drug-likeness (QED) is 0.695. The zero-order chi connectivity index (χ0) is 16.1. The van der Waals surface area contributed by atoms with Gasteiger partial charge in [-0.2, -0.15) is 0 Å². The predicted octanol–water partition coefficient (Wildman–Crippen LogP) is 2.48. The molecule has 0 heterocycles. The monoisotopic (exact) mass is 298 g/mol. The zero-order valence-electron chi connectivity index (χ0n) is 12.5. The van der Waals surface area contributed by atoms with Gasteiger partial charge in [-0.3, -0.25) is 4.79 Å². The fourth-order valence-corrected chi connectivity index (χ4v) is 1.95. The summed E-state index contributed by atoms with van der Waals surface area (Å²) >= 11 is 0. The molecule has 22 heavy (non-hydrogen) atoms. The lowest BCUT2D eigenvalue weighted by Gasteiger charge is -2.21. The number of para-hydroxylation sites is 1. The van der Waals surface area contributed by atoms with Crippen LogP contribution < -0.4 is 10.6 Å². The number of likely N-dealkylation sites (N-methyl/N-ethyl adjacent to an activating group) is 1. The lowest BCUT2D eigenvalue weighted by Crippen LogP contribution is -2.37. The second-order valence-corrected chi connectivity index (χ2v) is 4.90. The molecule has 0 spiro atoms. The first kappa shape index (κ1) is 15.6. The molecule has 114 valence electrons. The predicted molar refractivity (Wildman–Crippen MR) is 85.6 cm³/mol. The highest BCUT2D eigenvalue weighted by molar-refractivity contribution is 5.98. The molecule has 5 heteroatoms. The van der Waals surface area contributed by atoms with Crippen molar-refractivity contribution < 1.29 is 14.3 Å². The van der Waals surface area contributed by atoms with Crippen molar-refractivity contribution in [3.8, 4) is 0 Å². The number of nitrogens with two attached hydrogens (primary N) is 1. The Morgan fingerprint density at radius 2 is 1.64 bits per heavy atom. The summed E-state index contributed by atoms with van der Waals surface area (Å²) in [5, 5.41) is 0. The van der Waals surface area contributed by atoms with E-state index in [-0.39, 0.29) is 5.91 Å². The maximum atomic E-state index is 12.3. The van der Waals surface area contributed by atoms with Crippen molar-refractivity contribution >= 4 is 23.3 Å². The Morgan fingerprint density at radius 3 is 2.23 bits per heavy atom. The first-order valence-corrected chi connectivity index (χ1v) is 6.88. The third-order valence-corrected chi connectivity index (χ3v) is 3.25. The molecule has 0 saturated heterocycles. The van der Waals surface area contributed by atoms with Crippen LogP contribution in [0.4, 0.5) is 11.4 Å². The lowest BCUT2D eigenvalue weighted by atomic mass is 10.2. The molecule has 2 aromatic rings. The van der Waals surface area contributed by atoms with Gasteiger partial charge in [0, 0.05) is 18.4 Å². The molecule has 0 fully saturated rings. The molecule has 0 bridgehead atoms. The third kappa shape index (κ3) is 3.63. The van der Waals surface area contributed by atoms with E-state index in [0.717, 1.165) is 5.69 Å². The Morgan fingerprint density at radius 1 is 1.05 bits per heavy atom. The number of ether oxygens (including phenoxy) is 1. The average Bonchev–Trinajstić information content (AvgIpc) is 2.54. The normalized spacial score (nSPS) is 11.5. The summed E-state index contributed by atoms with van der Waals surface area (Å²) in [4.78, 5) is 25.7. The van der Waals surface area contributed by atoms with Gasteiger partial charge >= 0.3 is 5.97 Å². The van der Waals surface area contributed by atoms with E-state index >= 15 is 0 Å². The molecular weight excluding hydrogens is 280 g/mol. The van der Waals surface area contributed by atoms with Gasteiger partial charge in [-0.25, -0.2) is 4.79 Å². The van der Waals surface area contributed by atoms with Crippen LogP contribution >= 0.6 is 0 Å². The molecule has 0 saturated carbocycles. The van der Waals surface area contributed by atoms with Gasteiger partial charge < -0.3 is 15.4 Å². The van der Waals surface area contributed by atoms with Crippen molar-refractivity contribution in [3.63, 3.8) is 0 Å². The second-order valence-electron chi connectivity index (χ2n) is 4.90. The summed E-state index contributed by atoms with van der Waals surface area (Å²) in [5.74, 6) is -0.850. The van der Waals surface area contributed by atoms with Crippen molar-refractivity contribution in [1.82, 2.24) is 0 Å². The third-order valence-electron chi connectivity index (χ3n) is 3.25. The maximum absolute atomic E-state index is 12.3. The number of esters is 1. The van der Waals surface area contributed by atoms with Crippen LogP contribution in [0.1, 0.15) is 17.3 Å². The fraction of sp³-hybridized carbons (Fsp3) is 0.176. The SMILES string of the molecule is C[C@@H](OC(=O)c1ccc(N)cc1)C(=O)N(C)c1ccccc1. The number of hydrogen-bond donors (Lipinski definition) is 1. The number of rotatable bonds is 4. The van der Waals surface area contributed by atoms with Crippen LogP contribution in [0.25, 0.3) is 0 Å². The van der Waals surface area contributed by atoms with Crippen LogP contribution in [0.3, 0.4) is 0 Å². The Labute approximate surface area is 129 Å². The Hall–Kier alpha value is -2.82. The molecule has 0 aromatic heterocycles. The van der Waals surface area contributed by atoms with E-state index in [2.05, 4.69) is 0 Å². The number of nitrogen functional groups attached to an aromatic ring is 1. The van der Waals surface area contributed by atoms with E-state index in [0.29, 0.717) is 11.3 Å². The van der Waals surface area contributed by atoms with E-state index in [9.17, 15) is 9.59 Å². The smallest absolute Gasteiger partial charge is 0.338 e. The van der Waals surface area contributed by atoms with Gasteiger partial charge in [-0.1, -0.05) is 18.2 Å². The van der Waals surface area contributed by atoms with Gasteiger partial charge in [0.2, 0.25) is 0 Å². The molecule has 2 N–H and O–H groups in total. The molecule has 2 rings (SSSR count). The fourth-order valence-electron chi connectivity index (χ4n) is 1.95. The highest BCUT2D eigenvalue weighted by Gasteiger charge is 2.22. The van der Waals surface area contributed by atoms with E-state index in [1.807, 2.05) is 30.3 Å². The van der Waals surface area contributed by atoms with Crippen LogP contribution in [0, 0.1) is 0 Å². The second kappa shape index (κ2) is 6.76. The number of anilines is 2. The highest BCUT2D eigenvalue weighted by atomic mass is 16.5. The largest absolute Gasteiger partial charge is 0.449 e. The van der Waals surface area contributed by atoms with Gasteiger partial charge in [-0.05, 0) is 43.3 Å². The summed E-state index contributed by atoms with van der Waals surface area (Å²) in [5.41, 5.74) is 7.22. The van der Waals surface area contributed by atoms with Gasteiger partial charge in [0.25, 0.3) is 5.91 Å². The molecule has 0 aliphatic heterocycles. The Balaban J connectivity index is 2.02. The van der Waals surface area contributed by atoms with E-state index in [4.69, 9.17) is 10.5 Å². The molecule has 0 radical (unpaired) electrons. The van der Waals surface area contributed by atoms with E-state index < -0.39 is 12.1 Å². The molecule has 5 nitrogen and oxygen atoms in total. The first-order valence-electron chi connectivity index (χ1n) is 6.88. The van der Waals surface area contributed by atoms with Crippen molar-refractivity contribution in [2.75, 3.05) is 17.7 Å². The topological polar surface area (TPSA) is 72.6 Å². The van der Waals surface area contributed by atoms with E-state index in [1.54, 1.807) is 38.2 Å². The number of nitrogens with zero attached hydrogens (tertiary/aromatic N) is 1. The Kier molecular flexibility index (Phi) is 4.78. The molecule has 0 aliphatic carbocycles. The molecule has 1 atom stereocenters. The van der Waals surface area contributed by atoms with Crippen LogP contribution in [0.5, 0.6) is 0 Å². The summed E-state index contributed by atoms with van der Waals surface area (Å²) in [7, 11) is 1.64. The van der Waals surface area contributed by atoms with Gasteiger partial charge in [0.1, 0.15) is 0 Å². The number of carbonyl (C=O) groups is 2. The molecule has 2 aromatic carbocycles. The van der Waals surface area contributed by atoms with Crippen LogP contribution in [0.15, 0.2) is 54.6 Å². The van der Waals surface area contributed by atoms with E-state index in [1.165, 1.54) is 4.90 Å². The van der Waals surface area contributed by atoms with Crippen molar-refractivity contribution in [1.29, 1.82) is 0 Å². The molecule has 0 unspecified atom stereocenters. The standard InChI is InChI=1S/C17H18N2O3/c1-12(16(20)19(2)15-6-4-3-5-7-15)22-17(21)13-8-10-14(18)11-9-13/h3-12H,18H2,1-2H3/t12-/m1/s1. The average molecular weight is 298 g/mol. The molecular formula is C17H18N2O3. The van der Waals surface area contributed by atoms with Crippen LogP contribution in [-0.4, -0.2) is 25.0 Å².